The summed E-state index contributed by atoms with van der Waals surface area (Å²) in [5.74, 6) is 1.13. The Morgan fingerprint density at radius 1 is 1.15 bits per heavy atom. The van der Waals surface area contributed by atoms with E-state index in [1.54, 1.807) is 16.4 Å². The Morgan fingerprint density at radius 2 is 1.78 bits per heavy atom. The van der Waals surface area contributed by atoms with Crippen LogP contribution in [0.4, 0.5) is 0 Å². The van der Waals surface area contributed by atoms with Crippen molar-refractivity contribution in [2.45, 2.75) is 45.6 Å². The minimum Gasteiger partial charge on any atom is -0.490 e. The van der Waals surface area contributed by atoms with Gasteiger partial charge in [0.25, 0.3) is 5.91 Å². The number of piperidine rings is 1. The topological polar surface area (TPSA) is 84.9 Å². The summed E-state index contributed by atoms with van der Waals surface area (Å²) in [5, 5.41) is 2.93. The molecule has 8 heteroatoms. The number of benzene rings is 1. The van der Waals surface area contributed by atoms with Crippen molar-refractivity contribution in [2.75, 3.05) is 32.1 Å². The van der Waals surface area contributed by atoms with Gasteiger partial charge in [-0.3, -0.25) is 4.79 Å². The lowest BCUT2D eigenvalue weighted by atomic mass is 10.1. The zero-order valence-electron chi connectivity index (χ0n) is 16.1. The standard InChI is InChI=1S/C19H30N2O5S/c1-3-5-14-27(23,24)21-12-10-16(11-13-21)20-19(22)15-26-18-9-7-6-8-17(18)25-4-2/h6-9,16H,3-5,10-15H2,1-2H3,(H,20,22). The minimum absolute atomic E-state index is 0.0270. The largest absolute Gasteiger partial charge is 0.490 e. The summed E-state index contributed by atoms with van der Waals surface area (Å²) in [6.07, 6.45) is 2.77. The van der Waals surface area contributed by atoms with Crippen LogP contribution in [0.5, 0.6) is 11.5 Å². The number of nitrogens with one attached hydrogen (secondary N) is 1. The maximum absolute atomic E-state index is 12.2. The van der Waals surface area contributed by atoms with E-state index in [9.17, 15) is 13.2 Å². The lowest BCUT2D eigenvalue weighted by Crippen LogP contribution is -2.47. The number of carbonyl (C=O) groups is 1. The van der Waals surface area contributed by atoms with Gasteiger partial charge < -0.3 is 14.8 Å². The van der Waals surface area contributed by atoms with Crippen molar-refractivity contribution in [3.05, 3.63) is 24.3 Å². The molecule has 1 heterocycles. The third kappa shape index (κ3) is 6.70. The smallest absolute Gasteiger partial charge is 0.258 e. The summed E-state index contributed by atoms with van der Waals surface area (Å²) >= 11 is 0. The molecule has 7 nitrogen and oxygen atoms in total. The van der Waals surface area contributed by atoms with Crippen LogP contribution < -0.4 is 14.8 Å². The molecule has 1 fully saturated rings. The van der Waals surface area contributed by atoms with Crippen molar-refractivity contribution in [3.63, 3.8) is 0 Å². The Labute approximate surface area is 162 Å². The molecule has 1 aliphatic heterocycles. The molecule has 2 rings (SSSR count). The van der Waals surface area contributed by atoms with Crippen molar-refractivity contribution in [3.8, 4) is 11.5 Å². The molecule has 0 unspecified atom stereocenters. The number of rotatable bonds is 10. The van der Waals surface area contributed by atoms with Crippen LogP contribution in [0, 0.1) is 0 Å². The number of unbranched alkanes of at least 4 members (excludes halogenated alkanes) is 1. The summed E-state index contributed by atoms with van der Waals surface area (Å²) in [6, 6.07) is 7.20. The molecule has 0 atom stereocenters. The van der Waals surface area contributed by atoms with E-state index in [4.69, 9.17) is 9.47 Å². The molecule has 0 aliphatic carbocycles. The molecule has 27 heavy (non-hydrogen) atoms. The molecular formula is C19H30N2O5S. The SMILES string of the molecule is CCCCS(=O)(=O)N1CCC(NC(=O)COc2ccccc2OCC)CC1. The molecule has 0 spiro atoms. The third-order valence-electron chi connectivity index (χ3n) is 4.48. The Balaban J connectivity index is 1.76. The quantitative estimate of drug-likeness (QED) is 0.653. The molecule has 0 radical (unpaired) electrons. The van der Waals surface area contributed by atoms with Gasteiger partial charge in [-0.2, -0.15) is 0 Å². The third-order valence-corrected chi connectivity index (χ3v) is 6.43. The monoisotopic (exact) mass is 398 g/mol. The highest BCUT2D eigenvalue weighted by atomic mass is 32.2. The first kappa shape index (κ1) is 21.5. The Bertz CT molecular complexity index is 700. The average Bonchev–Trinajstić information content (AvgIpc) is 2.66. The predicted molar refractivity (Wildman–Crippen MR) is 105 cm³/mol. The Hall–Kier alpha value is -1.80. The number of amides is 1. The maximum atomic E-state index is 12.2. The van der Waals surface area contributed by atoms with E-state index in [-0.39, 0.29) is 24.3 Å². The van der Waals surface area contributed by atoms with Crippen molar-refractivity contribution in [2.24, 2.45) is 0 Å². The van der Waals surface area contributed by atoms with Crippen LogP contribution in [0.25, 0.3) is 0 Å². The van der Waals surface area contributed by atoms with E-state index < -0.39 is 10.0 Å². The molecule has 1 aromatic carbocycles. The Morgan fingerprint density at radius 3 is 2.37 bits per heavy atom. The lowest BCUT2D eigenvalue weighted by molar-refractivity contribution is -0.124. The zero-order chi connectivity index (χ0) is 19.7. The van der Waals surface area contributed by atoms with E-state index in [1.807, 2.05) is 26.0 Å². The molecule has 0 bridgehead atoms. The second-order valence-electron chi connectivity index (χ2n) is 6.58. The summed E-state index contributed by atoms with van der Waals surface area (Å²) in [7, 11) is -3.17. The van der Waals surface area contributed by atoms with Gasteiger partial charge in [-0.25, -0.2) is 12.7 Å². The highest BCUT2D eigenvalue weighted by Crippen LogP contribution is 2.26. The second kappa shape index (κ2) is 10.5. The van der Waals surface area contributed by atoms with Gasteiger partial charge in [-0.15, -0.1) is 0 Å². The number of carbonyl (C=O) groups excluding carboxylic acids is 1. The summed E-state index contributed by atoms with van der Waals surface area (Å²) in [5.41, 5.74) is 0. The fourth-order valence-corrected chi connectivity index (χ4v) is 4.67. The molecular weight excluding hydrogens is 368 g/mol. The number of sulfonamides is 1. The lowest BCUT2D eigenvalue weighted by Gasteiger charge is -2.31. The van der Waals surface area contributed by atoms with Crippen LogP contribution in [-0.4, -0.2) is 56.7 Å². The van der Waals surface area contributed by atoms with E-state index in [2.05, 4.69) is 5.32 Å². The maximum Gasteiger partial charge on any atom is 0.258 e. The molecule has 1 aromatic rings. The van der Waals surface area contributed by atoms with Gasteiger partial charge in [-0.05, 0) is 38.3 Å². The number of hydrogen-bond acceptors (Lipinski definition) is 5. The van der Waals surface area contributed by atoms with Gasteiger partial charge in [-0.1, -0.05) is 25.5 Å². The average molecular weight is 399 g/mol. The molecule has 0 saturated carbocycles. The van der Waals surface area contributed by atoms with Crippen LogP contribution in [0.2, 0.25) is 0 Å². The summed E-state index contributed by atoms with van der Waals surface area (Å²) in [4.78, 5) is 12.2. The van der Waals surface area contributed by atoms with Crippen molar-refractivity contribution in [1.29, 1.82) is 0 Å². The van der Waals surface area contributed by atoms with Gasteiger partial charge in [0.15, 0.2) is 18.1 Å². The number of ether oxygens (including phenoxy) is 2. The Kier molecular flexibility index (Phi) is 8.37. The van der Waals surface area contributed by atoms with Crippen LogP contribution >= 0.6 is 0 Å². The predicted octanol–water partition coefficient (Wildman–Crippen LogP) is 2.17. The van der Waals surface area contributed by atoms with E-state index in [0.717, 1.165) is 6.42 Å². The van der Waals surface area contributed by atoms with Gasteiger partial charge in [0.2, 0.25) is 10.0 Å². The van der Waals surface area contributed by atoms with Crippen LogP contribution in [-0.2, 0) is 14.8 Å². The number of para-hydroxylation sites is 2. The van der Waals surface area contributed by atoms with Crippen LogP contribution in [0.1, 0.15) is 39.5 Å². The molecule has 1 aliphatic rings. The van der Waals surface area contributed by atoms with Crippen LogP contribution in [0.3, 0.4) is 0 Å². The fraction of sp³-hybridized carbons (Fsp3) is 0.632. The first-order valence-electron chi connectivity index (χ1n) is 9.58. The van der Waals surface area contributed by atoms with E-state index in [0.29, 0.717) is 50.5 Å². The van der Waals surface area contributed by atoms with Gasteiger partial charge in [0.1, 0.15) is 0 Å². The van der Waals surface area contributed by atoms with E-state index in [1.165, 1.54) is 0 Å². The van der Waals surface area contributed by atoms with Crippen molar-refractivity contribution < 1.29 is 22.7 Å². The second-order valence-corrected chi connectivity index (χ2v) is 8.67. The summed E-state index contributed by atoms with van der Waals surface area (Å²) < 4.78 is 37.0. The molecule has 0 aromatic heterocycles. The summed E-state index contributed by atoms with van der Waals surface area (Å²) in [6.45, 7) is 5.19. The first-order chi connectivity index (χ1) is 13.0. The number of nitrogens with zero attached hydrogens (tertiary/aromatic N) is 1. The number of hydrogen-bond donors (Lipinski definition) is 1. The normalized spacial score (nSPS) is 16.1. The highest BCUT2D eigenvalue weighted by Gasteiger charge is 2.28. The molecule has 1 N–H and O–H groups in total. The van der Waals surface area contributed by atoms with Crippen LogP contribution in [0.15, 0.2) is 24.3 Å². The van der Waals surface area contributed by atoms with Crippen molar-refractivity contribution in [1.82, 2.24) is 9.62 Å². The molecule has 152 valence electrons. The fourth-order valence-electron chi connectivity index (χ4n) is 2.99. The molecule has 1 amide bonds. The highest BCUT2D eigenvalue weighted by molar-refractivity contribution is 7.89. The minimum atomic E-state index is -3.17. The zero-order valence-corrected chi connectivity index (χ0v) is 17.0. The molecule has 1 saturated heterocycles. The van der Waals surface area contributed by atoms with Gasteiger partial charge in [0.05, 0.1) is 12.4 Å². The van der Waals surface area contributed by atoms with Gasteiger partial charge >= 0.3 is 0 Å². The van der Waals surface area contributed by atoms with E-state index >= 15 is 0 Å². The van der Waals surface area contributed by atoms with Crippen molar-refractivity contribution >= 4 is 15.9 Å². The first-order valence-corrected chi connectivity index (χ1v) is 11.2. The van der Waals surface area contributed by atoms with Gasteiger partial charge in [0, 0.05) is 19.1 Å².